The monoisotopic (exact) mass is 234 g/mol. The molecule has 4 heteroatoms. The third-order valence-corrected chi connectivity index (χ3v) is 3.34. The highest BCUT2D eigenvalue weighted by Crippen LogP contribution is 2.29. The molecule has 1 aromatic heterocycles. The summed E-state index contributed by atoms with van der Waals surface area (Å²) in [5.74, 6) is 0. The van der Waals surface area contributed by atoms with Crippen LogP contribution in [-0.2, 0) is 6.42 Å². The van der Waals surface area contributed by atoms with Crippen molar-refractivity contribution in [2.45, 2.75) is 12.5 Å². The van der Waals surface area contributed by atoms with Gasteiger partial charge in [-0.15, -0.1) is 0 Å². The largest absolute Gasteiger partial charge is 0.282 e. The van der Waals surface area contributed by atoms with Gasteiger partial charge >= 0.3 is 0 Å². The molecule has 2 aromatic rings. The molecule has 1 unspecified atom stereocenters. The zero-order valence-electron chi connectivity index (χ0n) is 9.61. The Bertz CT molecular complexity index is 728. The van der Waals surface area contributed by atoms with Crippen molar-refractivity contribution in [2.75, 3.05) is 0 Å². The van der Waals surface area contributed by atoms with E-state index in [4.69, 9.17) is 0 Å². The SMILES string of the molecule is C1=NC2=Cc3cc4nccnc4cc3CC2N=C1. The van der Waals surface area contributed by atoms with E-state index in [1.807, 2.05) is 0 Å². The Morgan fingerprint density at radius 1 is 1.00 bits per heavy atom. The highest BCUT2D eigenvalue weighted by atomic mass is 14.9. The van der Waals surface area contributed by atoms with Crippen LogP contribution in [0, 0.1) is 0 Å². The topological polar surface area (TPSA) is 50.5 Å². The summed E-state index contributed by atoms with van der Waals surface area (Å²) in [5, 5.41) is 0. The third kappa shape index (κ3) is 1.39. The van der Waals surface area contributed by atoms with E-state index in [9.17, 15) is 0 Å². The number of hydrogen-bond donors (Lipinski definition) is 0. The van der Waals surface area contributed by atoms with Crippen molar-refractivity contribution < 1.29 is 0 Å². The molecule has 0 bridgehead atoms. The summed E-state index contributed by atoms with van der Waals surface area (Å²) in [5.41, 5.74) is 5.36. The maximum Gasteiger partial charge on any atom is 0.0960 e. The number of aromatic nitrogens is 2. The van der Waals surface area contributed by atoms with Gasteiger partial charge in [0.2, 0.25) is 0 Å². The number of nitrogens with zero attached hydrogens (tertiary/aromatic N) is 4. The summed E-state index contributed by atoms with van der Waals surface area (Å²) in [4.78, 5) is 17.5. The van der Waals surface area contributed by atoms with Gasteiger partial charge in [0.25, 0.3) is 0 Å². The number of benzene rings is 1. The van der Waals surface area contributed by atoms with Crippen LogP contribution >= 0.6 is 0 Å². The van der Waals surface area contributed by atoms with Crippen LogP contribution in [0.25, 0.3) is 17.1 Å². The van der Waals surface area contributed by atoms with E-state index in [0.29, 0.717) is 0 Å². The Hall–Kier alpha value is -2.36. The molecule has 1 aliphatic heterocycles. The molecule has 86 valence electrons. The first-order chi connectivity index (χ1) is 8.90. The molecule has 0 amide bonds. The Labute approximate surface area is 104 Å². The predicted octanol–water partition coefficient (Wildman–Crippen LogP) is 2.05. The molecule has 0 radical (unpaired) electrons. The zero-order chi connectivity index (χ0) is 11.9. The number of rotatable bonds is 0. The standard InChI is InChI=1S/C14H10N4/c1-2-16-12-6-10-8-14-13(17-3-4-18-14)7-9(10)5-11(12)15-1/h1-7,14H,8H2. The van der Waals surface area contributed by atoms with Gasteiger partial charge in [0.15, 0.2) is 0 Å². The number of fused-ring (bicyclic) bond motifs is 3. The molecule has 18 heavy (non-hydrogen) atoms. The van der Waals surface area contributed by atoms with E-state index < -0.39 is 0 Å². The van der Waals surface area contributed by atoms with Gasteiger partial charge in [0.1, 0.15) is 0 Å². The van der Waals surface area contributed by atoms with Crippen molar-refractivity contribution in [3.63, 3.8) is 0 Å². The van der Waals surface area contributed by atoms with Crippen LogP contribution in [0.5, 0.6) is 0 Å². The fraction of sp³-hybridized carbons (Fsp3) is 0.143. The minimum atomic E-state index is 0.164. The van der Waals surface area contributed by atoms with Gasteiger partial charge in [-0.1, -0.05) is 0 Å². The lowest BCUT2D eigenvalue weighted by molar-refractivity contribution is 0.752. The summed E-state index contributed by atoms with van der Waals surface area (Å²) in [7, 11) is 0. The first-order valence-electron chi connectivity index (χ1n) is 5.91. The number of hydrogen-bond acceptors (Lipinski definition) is 4. The van der Waals surface area contributed by atoms with Crippen LogP contribution in [-0.4, -0.2) is 28.4 Å². The molecule has 2 aliphatic rings. The normalized spacial score (nSPS) is 20.4. The summed E-state index contributed by atoms with van der Waals surface area (Å²) < 4.78 is 0. The molecule has 1 atom stereocenters. The Morgan fingerprint density at radius 2 is 1.83 bits per heavy atom. The molecule has 2 heterocycles. The maximum atomic E-state index is 4.45. The molecule has 0 saturated carbocycles. The van der Waals surface area contributed by atoms with Gasteiger partial charge in [-0.2, -0.15) is 0 Å². The fourth-order valence-corrected chi connectivity index (χ4v) is 2.46. The summed E-state index contributed by atoms with van der Waals surface area (Å²) in [6.45, 7) is 0. The summed E-state index contributed by atoms with van der Waals surface area (Å²) in [6.07, 6.45) is 9.95. The lowest BCUT2D eigenvalue weighted by Crippen LogP contribution is -2.18. The highest BCUT2D eigenvalue weighted by Gasteiger charge is 2.21. The van der Waals surface area contributed by atoms with Crippen molar-refractivity contribution in [3.8, 4) is 0 Å². The van der Waals surface area contributed by atoms with Crippen LogP contribution in [0.15, 0.2) is 40.2 Å². The number of aliphatic imine (C=N–C) groups is 2. The maximum absolute atomic E-state index is 4.45. The lowest BCUT2D eigenvalue weighted by Gasteiger charge is -2.22. The van der Waals surface area contributed by atoms with Gasteiger partial charge < -0.3 is 0 Å². The quantitative estimate of drug-likeness (QED) is 0.700. The van der Waals surface area contributed by atoms with E-state index in [1.165, 1.54) is 11.1 Å². The summed E-state index contributed by atoms with van der Waals surface area (Å²) in [6, 6.07) is 4.35. The van der Waals surface area contributed by atoms with E-state index in [0.717, 1.165) is 23.2 Å². The predicted molar refractivity (Wildman–Crippen MR) is 72.0 cm³/mol. The smallest absolute Gasteiger partial charge is 0.0960 e. The van der Waals surface area contributed by atoms with Gasteiger partial charge in [-0.05, 0) is 29.3 Å². The highest BCUT2D eigenvalue weighted by molar-refractivity contribution is 6.17. The first kappa shape index (κ1) is 9.65. The molecule has 1 aromatic carbocycles. The molecule has 0 saturated heterocycles. The van der Waals surface area contributed by atoms with Crippen molar-refractivity contribution in [3.05, 3.63) is 41.4 Å². The molecule has 1 aliphatic carbocycles. The van der Waals surface area contributed by atoms with Crippen molar-refractivity contribution in [2.24, 2.45) is 9.98 Å². The average molecular weight is 234 g/mol. The molecule has 0 N–H and O–H groups in total. The molecule has 4 nitrogen and oxygen atoms in total. The Kier molecular flexibility index (Phi) is 1.91. The van der Waals surface area contributed by atoms with Crippen LogP contribution in [0.1, 0.15) is 11.1 Å². The second-order valence-corrected chi connectivity index (χ2v) is 4.46. The minimum absolute atomic E-state index is 0.164. The second kappa shape index (κ2) is 3.57. The van der Waals surface area contributed by atoms with E-state index >= 15 is 0 Å². The van der Waals surface area contributed by atoms with Gasteiger partial charge in [0.05, 0.1) is 22.8 Å². The second-order valence-electron chi connectivity index (χ2n) is 4.46. The molecule has 0 fully saturated rings. The van der Waals surface area contributed by atoms with Crippen molar-refractivity contribution in [1.29, 1.82) is 0 Å². The van der Waals surface area contributed by atoms with Gasteiger partial charge in [-0.3, -0.25) is 20.0 Å². The minimum Gasteiger partial charge on any atom is -0.282 e. The lowest BCUT2D eigenvalue weighted by atomic mass is 9.91. The Morgan fingerprint density at radius 3 is 2.72 bits per heavy atom. The van der Waals surface area contributed by atoms with Crippen LogP contribution < -0.4 is 0 Å². The Balaban J connectivity index is 1.95. The van der Waals surface area contributed by atoms with E-state index in [1.54, 1.807) is 24.8 Å². The molecule has 0 spiro atoms. The van der Waals surface area contributed by atoms with Gasteiger partial charge in [0, 0.05) is 31.2 Å². The molecular weight excluding hydrogens is 224 g/mol. The van der Waals surface area contributed by atoms with Crippen molar-refractivity contribution in [1.82, 2.24) is 9.97 Å². The first-order valence-corrected chi connectivity index (χ1v) is 5.91. The fourth-order valence-electron chi connectivity index (χ4n) is 2.46. The zero-order valence-corrected chi connectivity index (χ0v) is 9.61. The molecule has 4 rings (SSSR count). The summed E-state index contributed by atoms with van der Waals surface area (Å²) >= 11 is 0. The van der Waals surface area contributed by atoms with Crippen LogP contribution in [0.2, 0.25) is 0 Å². The average Bonchev–Trinajstić information content (AvgIpc) is 2.42. The molecular formula is C14H10N4. The van der Waals surface area contributed by atoms with Crippen LogP contribution in [0.3, 0.4) is 0 Å². The van der Waals surface area contributed by atoms with Crippen molar-refractivity contribution >= 4 is 29.5 Å². The third-order valence-electron chi connectivity index (χ3n) is 3.34. The van der Waals surface area contributed by atoms with E-state index in [-0.39, 0.29) is 6.04 Å². The van der Waals surface area contributed by atoms with E-state index in [2.05, 4.69) is 38.2 Å². The van der Waals surface area contributed by atoms with Crippen LogP contribution in [0.4, 0.5) is 0 Å². The van der Waals surface area contributed by atoms with Gasteiger partial charge in [-0.25, -0.2) is 0 Å².